The highest BCUT2D eigenvalue weighted by Gasteiger charge is 2.27. The molecule has 1 rings (SSSR count). The van der Waals surface area contributed by atoms with Gasteiger partial charge in [-0.1, -0.05) is 6.92 Å². The van der Waals surface area contributed by atoms with Crippen molar-refractivity contribution in [2.75, 3.05) is 19.8 Å². The molecule has 0 aromatic carbocycles. The van der Waals surface area contributed by atoms with Crippen LogP contribution in [-0.4, -0.2) is 37.1 Å². The minimum Gasteiger partial charge on any atom is -0.390 e. The Morgan fingerprint density at radius 2 is 2.07 bits per heavy atom. The lowest BCUT2D eigenvalue weighted by Gasteiger charge is -2.31. The zero-order valence-corrected chi connectivity index (χ0v) is 9.24. The van der Waals surface area contributed by atoms with Crippen molar-refractivity contribution in [2.45, 2.75) is 45.3 Å². The number of aliphatic hydroxyl groups is 1. The molecule has 0 aromatic heterocycles. The molecule has 0 radical (unpaired) electrons. The fraction of sp³-hybridized carbons (Fsp3) is 1.00. The summed E-state index contributed by atoms with van der Waals surface area (Å²) < 4.78 is 10.8. The second kappa shape index (κ2) is 6.38. The fourth-order valence-electron chi connectivity index (χ4n) is 1.89. The van der Waals surface area contributed by atoms with Gasteiger partial charge in [0, 0.05) is 6.61 Å². The average molecular weight is 202 g/mol. The van der Waals surface area contributed by atoms with E-state index in [9.17, 15) is 5.11 Å². The van der Waals surface area contributed by atoms with Crippen LogP contribution in [0.4, 0.5) is 0 Å². The number of ether oxygens (including phenoxy) is 2. The number of hydrogen-bond donors (Lipinski definition) is 1. The number of hydrogen-bond acceptors (Lipinski definition) is 3. The van der Waals surface area contributed by atoms with Crippen LogP contribution in [0.5, 0.6) is 0 Å². The molecule has 1 fully saturated rings. The molecule has 1 saturated carbocycles. The van der Waals surface area contributed by atoms with E-state index < -0.39 is 0 Å². The summed E-state index contributed by atoms with van der Waals surface area (Å²) in [6.45, 7) is 6.14. The summed E-state index contributed by atoms with van der Waals surface area (Å²) >= 11 is 0. The third-order valence-electron chi connectivity index (χ3n) is 2.78. The number of rotatable bonds is 5. The first-order chi connectivity index (χ1) is 6.74. The highest BCUT2D eigenvalue weighted by atomic mass is 16.5. The van der Waals surface area contributed by atoms with Crippen LogP contribution in [-0.2, 0) is 9.47 Å². The third-order valence-corrected chi connectivity index (χ3v) is 2.78. The first-order valence-corrected chi connectivity index (χ1v) is 5.61. The van der Waals surface area contributed by atoms with Crippen LogP contribution in [0.2, 0.25) is 0 Å². The molecule has 14 heavy (non-hydrogen) atoms. The average Bonchev–Trinajstić information content (AvgIpc) is 2.18. The van der Waals surface area contributed by atoms with E-state index in [1.54, 1.807) is 0 Å². The van der Waals surface area contributed by atoms with E-state index >= 15 is 0 Å². The Kier molecular flexibility index (Phi) is 5.45. The van der Waals surface area contributed by atoms with Crippen molar-refractivity contribution in [3.8, 4) is 0 Å². The van der Waals surface area contributed by atoms with E-state index in [1.165, 1.54) is 0 Å². The van der Waals surface area contributed by atoms with Gasteiger partial charge >= 0.3 is 0 Å². The van der Waals surface area contributed by atoms with Crippen molar-refractivity contribution in [1.82, 2.24) is 0 Å². The van der Waals surface area contributed by atoms with Gasteiger partial charge in [0.25, 0.3) is 0 Å². The highest BCUT2D eigenvalue weighted by Crippen LogP contribution is 2.26. The minimum absolute atomic E-state index is 0.0270. The topological polar surface area (TPSA) is 38.7 Å². The van der Waals surface area contributed by atoms with Gasteiger partial charge in [0.05, 0.1) is 25.4 Å². The minimum atomic E-state index is -0.271. The van der Waals surface area contributed by atoms with Crippen LogP contribution < -0.4 is 0 Å². The van der Waals surface area contributed by atoms with E-state index in [2.05, 4.69) is 6.92 Å². The predicted octanol–water partition coefficient (Wildman–Crippen LogP) is 1.59. The van der Waals surface area contributed by atoms with Gasteiger partial charge in [-0.3, -0.25) is 0 Å². The van der Waals surface area contributed by atoms with Crippen LogP contribution in [0.1, 0.15) is 33.1 Å². The van der Waals surface area contributed by atoms with Crippen molar-refractivity contribution < 1.29 is 14.6 Å². The molecule has 3 heteroatoms. The molecule has 0 spiro atoms. The summed E-state index contributed by atoms with van der Waals surface area (Å²) in [6.07, 6.45) is 2.73. The molecule has 1 aliphatic carbocycles. The van der Waals surface area contributed by atoms with Gasteiger partial charge in [-0.05, 0) is 32.1 Å². The van der Waals surface area contributed by atoms with E-state index in [-0.39, 0.29) is 12.2 Å². The molecule has 0 aliphatic heterocycles. The second-order valence-corrected chi connectivity index (χ2v) is 4.09. The standard InChI is InChI=1S/C11H22O3/c1-3-13-6-7-14-11-8-9(2)4-5-10(11)12/h9-12H,3-8H2,1-2H3. The highest BCUT2D eigenvalue weighted by molar-refractivity contribution is 4.78. The van der Waals surface area contributed by atoms with Crippen molar-refractivity contribution in [3.05, 3.63) is 0 Å². The maximum Gasteiger partial charge on any atom is 0.0837 e. The van der Waals surface area contributed by atoms with E-state index in [0.717, 1.165) is 25.9 Å². The third kappa shape index (κ3) is 3.95. The van der Waals surface area contributed by atoms with Crippen LogP contribution >= 0.6 is 0 Å². The molecule has 3 nitrogen and oxygen atoms in total. The van der Waals surface area contributed by atoms with Crippen LogP contribution in [0.25, 0.3) is 0 Å². The molecule has 3 atom stereocenters. The van der Waals surface area contributed by atoms with Gasteiger partial charge in [-0.15, -0.1) is 0 Å². The monoisotopic (exact) mass is 202 g/mol. The first-order valence-electron chi connectivity index (χ1n) is 5.61. The quantitative estimate of drug-likeness (QED) is 0.688. The van der Waals surface area contributed by atoms with Gasteiger partial charge in [0.2, 0.25) is 0 Å². The molecular formula is C11H22O3. The van der Waals surface area contributed by atoms with Gasteiger partial charge in [-0.25, -0.2) is 0 Å². The summed E-state index contributed by atoms with van der Waals surface area (Å²) in [6, 6.07) is 0. The summed E-state index contributed by atoms with van der Waals surface area (Å²) in [5, 5.41) is 9.68. The molecule has 1 aliphatic rings. The zero-order valence-electron chi connectivity index (χ0n) is 9.24. The lowest BCUT2D eigenvalue weighted by molar-refractivity contribution is -0.0819. The Balaban J connectivity index is 2.14. The molecule has 84 valence electrons. The molecule has 3 unspecified atom stereocenters. The summed E-state index contributed by atoms with van der Waals surface area (Å²) in [5.41, 5.74) is 0. The Hall–Kier alpha value is -0.120. The largest absolute Gasteiger partial charge is 0.390 e. The molecule has 0 saturated heterocycles. The van der Waals surface area contributed by atoms with Crippen molar-refractivity contribution in [3.63, 3.8) is 0 Å². The molecular weight excluding hydrogens is 180 g/mol. The molecule has 0 amide bonds. The zero-order chi connectivity index (χ0) is 10.4. The Morgan fingerprint density at radius 1 is 1.29 bits per heavy atom. The normalized spacial score (nSPS) is 33.2. The van der Waals surface area contributed by atoms with E-state index in [1.807, 2.05) is 6.92 Å². The first kappa shape index (κ1) is 12.0. The SMILES string of the molecule is CCOCCOC1CC(C)CCC1O. The van der Waals surface area contributed by atoms with Crippen molar-refractivity contribution >= 4 is 0 Å². The van der Waals surface area contributed by atoms with Crippen LogP contribution in [0, 0.1) is 5.92 Å². The number of aliphatic hydroxyl groups excluding tert-OH is 1. The Morgan fingerprint density at radius 3 is 2.79 bits per heavy atom. The summed E-state index contributed by atoms with van der Waals surface area (Å²) in [4.78, 5) is 0. The molecule has 0 aromatic rings. The molecule has 1 N–H and O–H groups in total. The fourth-order valence-corrected chi connectivity index (χ4v) is 1.89. The summed E-state index contributed by atoms with van der Waals surface area (Å²) in [7, 11) is 0. The van der Waals surface area contributed by atoms with Crippen LogP contribution in [0.3, 0.4) is 0 Å². The predicted molar refractivity (Wildman–Crippen MR) is 55.3 cm³/mol. The van der Waals surface area contributed by atoms with Gasteiger partial charge in [-0.2, -0.15) is 0 Å². The summed E-state index contributed by atoms with van der Waals surface area (Å²) in [5.74, 6) is 0.676. The lowest BCUT2D eigenvalue weighted by Crippen LogP contribution is -2.36. The van der Waals surface area contributed by atoms with E-state index in [4.69, 9.17) is 9.47 Å². The van der Waals surface area contributed by atoms with Crippen molar-refractivity contribution in [1.29, 1.82) is 0 Å². The van der Waals surface area contributed by atoms with Gasteiger partial charge < -0.3 is 14.6 Å². The van der Waals surface area contributed by atoms with Gasteiger partial charge in [0.1, 0.15) is 0 Å². The molecule has 0 bridgehead atoms. The van der Waals surface area contributed by atoms with E-state index in [0.29, 0.717) is 19.1 Å². The maximum absolute atomic E-state index is 9.68. The lowest BCUT2D eigenvalue weighted by atomic mass is 9.86. The van der Waals surface area contributed by atoms with Crippen molar-refractivity contribution in [2.24, 2.45) is 5.92 Å². The van der Waals surface area contributed by atoms with Crippen LogP contribution in [0.15, 0.2) is 0 Å². The van der Waals surface area contributed by atoms with Gasteiger partial charge in [0.15, 0.2) is 0 Å². The second-order valence-electron chi connectivity index (χ2n) is 4.09. The maximum atomic E-state index is 9.68. The molecule has 0 heterocycles. The Labute approximate surface area is 86.4 Å². The smallest absolute Gasteiger partial charge is 0.0837 e. The Bertz CT molecular complexity index is 149.